The second kappa shape index (κ2) is 7.25. The Morgan fingerprint density at radius 3 is 2.57 bits per heavy atom. The molecule has 1 unspecified atom stereocenters. The Morgan fingerprint density at radius 2 is 2.00 bits per heavy atom. The summed E-state index contributed by atoms with van der Waals surface area (Å²) in [6, 6.07) is 0.0250. The summed E-state index contributed by atoms with van der Waals surface area (Å²) in [6.07, 6.45) is 7.98. The summed E-state index contributed by atoms with van der Waals surface area (Å²) < 4.78 is 0. The van der Waals surface area contributed by atoms with Gasteiger partial charge in [0, 0.05) is 37.5 Å². The molecule has 1 heterocycles. The van der Waals surface area contributed by atoms with E-state index in [0.717, 1.165) is 25.8 Å². The van der Waals surface area contributed by atoms with Gasteiger partial charge < -0.3 is 15.5 Å². The lowest BCUT2D eigenvalue weighted by atomic mass is 9.79. The van der Waals surface area contributed by atoms with Gasteiger partial charge in [0.2, 0.25) is 11.8 Å². The predicted octanol–water partition coefficient (Wildman–Crippen LogP) is 1.43. The maximum Gasteiger partial charge on any atom is 0.222 e. The number of carbonyl (C=O) groups excluding carboxylic acids is 2. The molecule has 0 radical (unpaired) electrons. The van der Waals surface area contributed by atoms with Gasteiger partial charge in [0.05, 0.1) is 0 Å². The van der Waals surface area contributed by atoms with Crippen LogP contribution in [-0.2, 0) is 9.59 Å². The topological polar surface area (TPSA) is 61.4 Å². The minimum Gasteiger partial charge on any atom is -0.352 e. The van der Waals surface area contributed by atoms with Crippen LogP contribution in [0.3, 0.4) is 0 Å². The van der Waals surface area contributed by atoms with Crippen LogP contribution in [0.25, 0.3) is 0 Å². The molecule has 0 aromatic rings. The van der Waals surface area contributed by atoms with Crippen molar-refractivity contribution in [3.63, 3.8) is 0 Å². The maximum absolute atomic E-state index is 12.3. The van der Waals surface area contributed by atoms with Crippen molar-refractivity contribution in [3.05, 3.63) is 0 Å². The first-order valence-corrected chi connectivity index (χ1v) is 8.31. The smallest absolute Gasteiger partial charge is 0.222 e. The first kappa shape index (κ1) is 16.3. The van der Waals surface area contributed by atoms with Gasteiger partial charge in [-0.2, -0.15) is 0 Å². The van der Waals surface area contributed by atoms with Crippen molar-refractivity contribution in [1.29, 1.82) is 0 Å². The highest BCUT2D eigenvalue weighted by molar-refractivity contribution is 5.79. The molecule has 2 aliphatic rings. The Kier molecular flexibility index (Phi) is 5.62. The van der Waals surface area contributed by atoms with Crippen molar-refractivity contribution in [3.8, 4) is 0 Å². The first-order chi connectivity index (χ1) is 10.0. The molecule has 1 atom stereocenters. The number of nitrogens with one attached hydrogen (secondary N) is 2. The number of carbonyl (C=O) groups is 2. The number of rotatable bonds is 6. The van der Waals surface area contributed by atoms with Crippen LogP contribution < -0.4 is 10.6 Å². The molecule has 2 N–H and O–H groups in total. The van der Waals surface area contributed by atoms with E-state index in [4.69, 9.17) is 0 Å². The average Bonchev–Trinajstić information content (AvgIpc) is 2.85. The van der Waals surface area contributed by atoms with Crippen molar-refractivity contribution in [2.75, 3.05) is 20.1 Å². The van der Waals surface area contributed by atoms with Gasteiger partial charge >= 0.3 is 0 Å². The zero-order valence-electron chi connectivity index (χ0n) is 13.4. The average molecular weight is 295 g/mol. The highest BCUT2D eigenvalue weighted by Gasteiger charge is 2.33. The van der Waals surface area contributed by atoms with E-state index < -0.39 is 0 Å². The number of hydrogen-bond donors (Lipinski definition) is 2. The van der Waals surface area contributed by atoms with Crippen LogP contribution >= 0.6 is 0 Å². The van der Waals surface area contributed by atoms with Crippen LogP contribution in [0.1, 0.15) is 58.3 Å². The Hall–Kier alpha value is -1.10. The molecule has 0 aromatic carbocycles. The monoisotopic (exact) mass is 295 g/mol. The lowest BCUT2D eigenvalue weighted by Gasteiger charge is -2.37. The Bertz CT molecular complexity index is 378. The third kappa shape index (κ3) is 4.43. The fourth-order valence-corrected chi connectivity index (χ4v) is 3.65. The summed E-state index contributed by atoms with van der Waals surface area (Å²) in [6.45, 7) is 3.45. The van der Waals surface area contributed by atoms with Crippen molar-refractivity contribution in [2.24, 2.45) is 0 Å². The largest absolute Gasteiger partial charge is 0.352 e. The molecule has 21 heavy (non-hydrogen) atoms. The quantitative estimate of drug-likeness (QED) is 0.779. The van der Waals surface area contributed by atoms with Crippen molar-refractivity contribution in [1.82, 2.24) is 15.5 Å². The molecular weight excluding hydrogens is 266 g/mol. The van der Waals surface area contributed by atoms with E-state index in [1.54, 1.807) is 0 Å². The lowest BCUT2D eigenvalue weighted by molar-refractivity contribution is -0.129. The minimum atomic E-state index is -0.0223. The molecule has 120 valence electrons. The summed E-state index contributed by atoms with van der Waals surface area (Å²) in [5.41, 5.74) is -0.0223. The highest BCUT2D eigenvalue weighted by Crippen LogP contribution is 2.30. The second-order valence-electron chi connectivity index (χ2n) is 6.68. The Morgan fingerprint density at radius 1 is 1.29 bits per heavy atom. The molecule has 1 saturated carbocycles. The van der Waals surface area contributed by atoms with Gasteiger partial charge in [-0.25, -0.2) is 0 Å². The summed E-state index contributed by atoms with van der Waals surface area (Å²) in [5.74, 6) is 0.320. The molecule has 2 rings (SSSR count). The van der Waals surface area contributed by atoms with Gasteiger partial charge in [-0.3, -0.25) is 9.59 Å². The van der Waals surface area contributed by atoms with E-state index in [-0.39, 0.29) is 23.4 Å². The summed E-state index contributed by atoms with van der Waals surface area (Å²) in [7, 11) is 1.96. The fraction of sp³-hybridized carbons (Fsp3) is 0.875. The number of likely N-dealkylation sites (tertiary alicyclic amines) is 1. The van der Waals surface area contributed by atoms with Gasteiger partial charge in [0.15, 0.2) is 0 Å². The molecular formula is C16H29N3O2. The molecule has 0 spiro atoms. The Balaban J connectivity index is 1.78. The van der Waals surface area contributed by atoms with E-state index >= 15 is 0 Å². The van der Waals surface area contributed by atoms with Crippen LogP contribution in [0.5, 0.6) is 0 Å². The van der Waals surface area contributed by atoms with Crippen LogP contribution in [0.2, 0.25) is 0 Å². The fourth-order valence-electron chi connectivity index (χ4n) is 3.65. The number of amides is 2. The van der Waals surface area contributed by atoms with E-state index in [1.165, 1.54) is 19.3 Å². The highest BCUT2D eigenvalue weighted by atomic mass is 16.2. The minimum absolute atomic E-state index is 0.0223. The molecule has 1 aliphatic carbocycles. The molecule has 2 amide bonds. The zero-order chi connectivity index (χ0) is 15.3. The second-order valence-corrected chi connectivity index (χ2v) is 6.68. The zero-order valence-corrected chi connectivity index (χ0v) is 13.4. The molecule has 5 heteroatoms. The van der Waals surface area contributed by atoms with Crippen molar-refractivity contribution < 1.29 is 9.59 Å². The van der Waals surface area contributed by atoms with Gasteiger partial charge in [-0.15, -0.1) is 0 Å². The molecule has 5 nitrogen and oxygen atoms in total. The van der Waals surface area contributed by atoms with Gasteiger partial charge in [0.1, 0.15) is 0 Å². The van der Waals surface area contributed by atoms with E-state index in [9.17, 15) is 9.59 Å². The van der Waals surface area contributed by atoms with E-state index in [2.05, 4.69) is 10.6 Å². The van der Waals surface area contributed by atoms with Gasteiger partial charge in [0.25, 0.3) is 0 Å². The first-order valence-electron chi connectivity index (χ1n) is 8.31. The van der Waals surface area contributed by atoms with Crippen molar-refractivity contribution >= 4 is 11.8 Å². The SMILES string of the molecule is CNC1(CC(=O)NC(C)CN2CCCC2=O)CCCCC1. The van der Waals surface area contributed by atoms with Crippen LogP contribution in [-0.4, -0.2) is 48.4 Å². The molecule has 1 aliphatic heterocycles. The van der Waals surface area contributed by atoms with Crippen molar-refractivity contribution in [2.45, 2.75) is 69.9 Å². The normalized spacial score (nSPS) is 23.1. The molecule has 2 fully saturated rings. The number of hydrogen-bond acceptors (Lipinski definition) is 3. The summed E-state index contributed by atoms with van der Waals surface area (Å²) in [5, 5.41) is 6.44. The Labute approximate surface area is 127 Å². The van der Waals surface area contributed by atoms with E-state index in [0.29, 0.717) is 19.4 Å². The molecule has 0 aromatic heterocycles. The maximum atomic E-state index is 12.3. The van der Waals surface area contributed by atoms with Gasteiger partial charge in [-0.1, -0.05) is 19.3 Å². The summed E-state index contributed by atoms with van der Waals surface area (Å²) in [4.78, 5) is 25.8. The summed E-state index contributed by atoms with van der Waals surface area (Å²) >= 11 is 0. The molecule has 1 saturated heterocycles. The predicted molar refractivity (Wildman–Crippen MR) is 82.9 cm³/mol. The van der Waals surface area contributed by atoms with E-state index in [1.807, 2.05) is 18.9 Å². The molecule has 0 bridgehead atoms. The third-order valence-electron chi connectivity index (χ3n) is 4.91. The lowest BCUT2D eigenvalue weighted by Crippen LogP contribution is -2.50. The van der Waals surface area contributed by atoms with Crippen LogP contribution in [0.4, 0.5) is 0 Å². The number of nitrogens with zero attached hydrogens (tertiary/aromatic N) is 1. The van der Waals surface area contributed by atoms with Crippen LogP contribution in [0.15, 0.2) is 0 Å². The standard InChI is InChI=1S/C16H29N3O2/c1-13(12-19-10-6-7-15(19)21)18-14(20)11-16(17-2)8-4-3-5-9-16/h13,17H,3-12H2,1-2H3,(H,18,20). The van der Waals surface area contributed by atoms with Crippen LogP contribution in [0, 0.1) is 0 Å². The third-order valence-corrected chi connectivity index (χ3v) is 4.91. The van der Waals surface area contributed by atoms with Gasteiger partial charge in [-0.05, 0) is 33.2 Å².